The number of H-pyrrole nitrogens is 1. The van der Waals surface area contributed by atoms with E-state index < -0.39 is 0 Å². The molecule has 0 aliphatic carbocycles. The number of hydrogen-bond acceptors (Lipinski definition) is 5. The minimum Gasteiger partial charge on any atom is -0.330 e. The highest BCUT2D eigenvalue weighted by atomic mass is 35.5. The number of benzene rings is 2. The van der Waals surface area contributed by atoms with E-state index >= 15 is 0 Å². The Bertz CT molecular complexity index is 1230. The molecule has 0 aliphatic heterocycles. The number of thiazole rings is 1. The molecule has 4 rings (SSSR count). The van der Waals surface area contributed by atoms with Gasteiger partial charge in [0.2, 0.25) is 0 Å². The van der Waals surface area contributed by atoms with Crippen LogP contribution in [0.5, 0.6) is 0 Å². The largest absolute Gasteiger partial charge is 0.330 e. The highest BCUT2D eigenvalue weighted by molar-refractivity contribution is 7.13. The van der Waals surface area contributed by atoms with Crippen LogP contribution in [0.4, 0.5) is 0 Å². The van der Waals surface area contributed by atoms with Crippen molar-refractivity contribution in [3.63, 3.8) is 0 Å². The van der Waals surface area contributed by atoms with Crippen LogP contribution in [0.25, 0.3) is 21.5 Å². The van der Waals surface area contributed by atoms with Crippen molar-refractivity contribution in [1.29, 1.82) is 0 Å². The third-order valence-corrected chi connectivity index (χ3v) is 5.63. The number of para-hydroxylation sites is 1. The summed E-state index contributed by atoms with van der Waals surface area (Å²) in [7, 11) is 0. The first kappa shape index (κ1) is 19.3. The summed E-state index contributed by atoms with van der Waals surface area (Å²) in [5.41, 5.74) is 1.66. The molecule has 0 saturated carbocycles. The molecule has 146 valence electrons. The highest BCUT2D eigenvalue weighted by Crippen LogP contribution is 2.25. The maximum absolute atomic E-state index is 13.0. The zero-order valence-corrected chi connectivity index (χ0v) is 17.1. The van der Waals surface area contributed by atoms with Crippen molar-refractivity contribution in [1.82, 2.24) is 19.9 Å². The van der Waals surface area contributed by atoms with Crippen molar-refractivity contribution in [2.75, 3.05) is 6.54 Å². The lowest BCUT2D eigenvalue weighted by Crippen LogP contribution is -2.32. The Morgan fingerprint density at radius 3 is 2.66 bits per heavy atom. The maximum atomic E-state index is 13.0. The fourth-order valence-corrected chi connectivity index (χ4v) is 3.90. The van der Waals surface area contributed by atoms with Crippen LogP contribution in [0.3, 0.4) is 0 Å². The maximum Gasteiger partial charge on any atom is 0.273 e. The molecule has 0 bridgehead atoms. The second-order valence-corrected chi connectivity index (χ2v) is 7.69. The van der Waals surface area contributed by atoms with Crippen LogP contribution in [0, 0.1) is 0 Å². The fraction of sp³-hybridized carbons (Fsp3) is 0.143. The molecular formula is C21H17ClN4O2S. The molecule has 8 heteroatoms. The third kappa shape index (κ3) is 4.06. The predicted octanol–water partition coefficient (Wildman–Crippen LogP) is 4.36. The molecule has 0 fully saturated rings. The number of carbonyl (C=O) groups excluding carboxylic acids is 1. The molecule has 0 unspecified atom stereocenters. The summed E-state index contributed by atoms with van der Waals surface area (Å²) in [5, 5.41) is 3.66. The van der Waals surface area contributed by atoms with E-state index in [9.17, 15) is 9.59 Å². The summed E-state index contributed by atoms with van der Waals surface area (Å²) >= 11 is 7.33. The Hall–Kier alpha value is -3.03. The van der Waals surface area contributed by atoms with Crippen molar-refractivity contribution < 1.29 is 4.79 Å². The molecule has 2 heterocycles. The Kier molecular flexibility index (Phi) is 5.42. The van der Waals surface area contributed by atoms with Crippen molar-refractivity contribution in [2.45, 2.75) is 13.5 Å². The van der Waals surface area contributed by atoms with Gasteiger partial charge >= 0.3 is 0 Å². The summed E-state index contributed by atoms with van der Waals surface area (Å²) in [5.74, 6) is 0.233. The van der Waals surface area contributed by atoms with Gasteiger partial charge in [0.25, 0.3) is 11.5 Å². The molecule has 1 N–H and O–H groups in total. The molecule has 6 nitrogen and oxygen atoms in total. The summed E-state index contributed by atoms with van der Waals surface area (Å²) in [6, 6.07) is 14.5. The molecule has 0 spiro atoms. The number of nitrogens with zero attached hydrogens (tertiary/aromatic N) is 3. The van der Waals surface area contributed by atoms with E-state index in [1.54, 1.807) is 40.6 Å². The third-order valence-electron chi connectivity index (χ3n) is 4.49. The number of rotatable bonds is 5. The number of hydrogen-bond donors (Lipinski definition) is 1. The molecular weight excluding hydrogens is 408 g/mol. The standard InChI is InChI=1S/C21H17ClN4O2S/c1-2-26(11-18-23-16-6-4-3-5-15(16)19(27)25-18)21(28)17-12-29-20(24-17)13-7-9-14(22)10-8-13/h3-10,12H,2,11H2,1H3,(H,23,25,27). The number of amides is 1. The van der Waals surface area contributed by atoms with Crippen molar-refractivity contribution in [2.24, 2.45) is 0 Å². The lowest BCUT2D eigenvalue weighted by molar-refractivity contribution is 0.0743. The second kappa shape index (κ2) is 8.14. The van der Waals surface area contributed by atoms with E-state index in [1.807, 2.05) is 25.1 Å². The van der Waals surface area contributed by atoms with Gasteiger partial charge in [-0.25, -0.2) is 9.97 Å². The smallest absolute Gasteiger partial charge is 0.273 e. The Morgan fingerprint density at radius 2 is 1.90 bits per heavy atom. The number of aromatic nitrogens is 3. The van der Waals surface area contributed by atoms with Crippen molar-refractivity contribution in [3.8, 4) is 10.6 Å². The molecule has 4 aromatic rings. The Morgan fingerprint density at radius 1 is 1.14 bits per heavy atom. The van der Waals surface area contributed by atoms with Gasteiger partial charge in [0, 0.05) is 22.5 Å². The Balaban J connectivity index is 1.57. The number of fused-ring (bicyclic) bond motifs is 1. The van der Waals surface area contributed by atoms with Crippen LogP contribution in [-0.4, -0.2) is 32.3 Å². The number of carbonyl (C=O) groups is 1. The molecule has 0 saturated heterocycles. The summed E-state index contributed by atoms with van der Waals surface area (Å²) < 4.78 is 0. The van der Waals surface area contributed by atoms with E-state index in [-0.39, 0.29) is 18.0 Å². The van der Waals surface area contributed by atoms with Crippen LogP contribution in [0.1, 0.15) is 23.2 Å². The van der Waals surface area contributed by atoms with Gasteiger partial charge < -0.3 is 9.88 Å². The van der Waals surface area contributed by atoms with Gasteiger partial charge in [0.15, 0.2) is 0 Å². The first-order chi connectivity index (χ1) is 14.0. The zero-order valence-electron chi connectivity index (χ0n) is 15.6. The zero-order chi connectivity index (χ0) is 20.4. The fourth-order valence-electron chi connectivity index (χ4n) is 2.98. The summed E-state index contributed by atoms with van der Waals surface area (Å²) in [6.45, 7) is 2.54. The normalized spacial score (nSPS) is 11.0. The van der Waals surface area contributed by atoms with Gasteiger partial charge in [-0.2, -0.15) is 0 Å². The van der Waals surface area contributed by atoms with Gasteiger partial charge in [0.05, 0.1) is 17.4 Å². The van der Waals surface area contributed by atoms with Gasteiger partial charge in [-0.05, 0) is 31.2 Å². The summed E-state index contributed by atoms with van der Waals surface area (Å²) in [4.78, 5) is 38.6. The first-order valence-corrected chi connectivity index (χ1v) is 10.3. The van der Waals surface area contributed by atoms with E-state index in [4.69, 9.17) is 11.6 Å². The van der Waals surface area contributed by atoms with Gasteiger partial charge in [-0.3, -0.25) is 9.59 Å². The number of nitrogens with one attached hydrogen (secondary N) is 1. The van der Waals surface area contributed by atoms with Crippen LogP contribution in [-0.2, 0) is 6.54 Å². The van der Waals surface area contributed by atoms with Gasteiger partial charge in [-0.1, -0.05) is 35.9 Å². The molecule has 0 atom stereocenters. The molecule has 2 aromatic heterocycles. The lowest BCUT2D eigenvalue weighted by Gasteiger charge is -2.19. The minimum absolute atomic E-state index is 0.198. The topological polar surface area (TPSA) is 79.0 Å². The van der Waals surface area contributed by atoms with Crippen LogP contribution in [0.2, 0.25) is 5.02 Å². The minimum atomic E-state index is -0.215. The molecule has 1 amide bonds. The Labute approximate surface area is 175 Å². The van der Waals surface area contributed by atoms with Crippen molar-refractivity contribution >= 4 is 39.7 Å². The molecule has 29 heavy (non-hydrogen) atoms. The molecule has 0 aliphatic rings. The van der Waals surface area contributed by atoms with E-state index in [2.05, 4.69) is 15.0 Å². The average molecular weight is 425 g/mol. The van der Waals surface area contributed by atoms with E-state index in [0.717, 1.165) is 10.6 Å². The molecule has 2 aromatic carbocycles. The predicted molar refractivity (Wildman–Crippen MR) is 115 cm³/mol. The SMILES string of the molecule is CCN(Cc1nc2ccccc2c(=O)[nH]1)C(=O)c1csc(-c2ccc(Cl)cc2)n1. The average Bonchev–Trinajstić information content (AvgIpc) is 3.22. The van der Waals surface area contributed by atoms with Crippen LogP contribution >= 0.6 is 22.9 Å². The quantitative estimate of drug-likeness (QED) is 0.516. The van der Waals surface area contributed by atoms with E-state index in [1.165, 1.54) is 11.3 Å². The highest BCUT2D eigenvalue weighted by Gasteiger charge is 2.19. The number of halogens is 1. The van der Waals surface area contributed by atoms with E-state index in [0.29, 0.717) is 34.0 Å². The summed E-state index contributed by atoms with van der Waals surface area (Å²) in [6.07, 6.45) is 0. The number of aromatic amines is 1. The van der Waals surface area contributed by atoms with Crippen LogP contribution in [0.15, 0.2) is 58.7 Å². The second-order valence-electron chi connectivity index (χ2n) is 6.39. The first-order valence-electron chi connectivity index (χ1n) is 9.04. The van der Waals surface area contributed by atoms with Gasteiger partial charge in [0.1, 0.15) is 16.5 Å². The van der Waals surface area contributed by atoms with Crippen molar-refractivity contribution in [3.05, 3.63) is 80.8 Å². The van der Waals surface area contributed by atoms with Crippen LogP contribution < -0.4 is 5.56 Å². The van der Waals surface area contributed by atoms with Gasteiger partial charge in [-0.15, -0.1) is 11.3 Å². The monoisotopic (exact) mass is 424 g/mol. The lowest BCUT2D eigenvalue weighted by atomic mass is 10.2. The molecule has 0 radical (unpaired) electrons.